The van der Waals surface area contributed by atoms with Crippen LogP contribution in [-0.2, 0) is 13.0 Å². The lowest BCUT2D eigenvalue weighted by Gasteiger charge is -2.21. The number of benzene rings is 2. The molecule has 3 heterocycles. The van der Waals surface area contributed by atoms with Crippen LogP contribution in [-0.4, -0.2) is 27.4 Å². The van der Waals surface area contributed by atoms with Gasteiger partial charge in [-0.2, -0.15) is 0 Å². The van der Waals surface area contributed by atoms with E-state index < -0.39 is 5.91 Å². The molecule has 2 aromatic heterocycles. The van der Waals surface area contributed by atoms with Crippen LogP contribution < -0.4 is 16.4 Å². The maximum Gasteiger partial charge on any atom is 0.250 e. The van der Waals surface area contributed by atoms with Crippen LogP contribution in [0.25, 0.3) is 22.3 Å². The molecule has 7 heteroatoms. The molecule has 0 spiro atoms. The van der Waals surface area contributed by atoms with E-state index in [9.17, 15) is 4.79 Å². The van der Waals surface area contributed by atoms with E-state index in [4.69, 9.17) is 15.7 Å². The average molecular weight is 412 g/mol. The highest BCUT2D eigenvalue weighted by molar-refractivity contribution is 6.09. The third kappa shape index (κ3) is 3.48. The first kappa shape index (κ1) is 19.1. The van der Waals surface area contributed by atoms with Gasteiger partial charge in [-0.3, -0.25) is 4.79 Å². The van der Waals surface area contributed by atoms with Crippen molar-refractivity contribution in [3.05, 3.63) is 71.0 Å². The van der Waals surface area contributed by atoms with Gasteiger partial charge in [0, 0.05) is 29.7 Å². The third-order valence-corrected chi connectivity index (χ3v) is 5.69. The van der Waals surface area contributed by atoms with Crippen molar-refractivity contribution >= 4 is 28.3 Å². The Morgan fingerprint density at radius 1 is 1.13 bits per heavy atom. The fraction of sp³-hybridized carbons (Fsp3) is 0.208. The van der Waals surface area contributed by atoms with Gasteiger partial charge in [0.2, 0.25) is 0 Å². The third-order valence-electron chi connectivity index (χ3n) is 5.69. The maximum atomic E-state index is 11.9. The molecule has 0 fully saturated rings. The summed E-state index contributed by atoms with van der Waals surface area (Å²) in [6, 6.07) is 15.8. The van der Waals surface area contributed by atoms with Crippen molar-refractivity contribution < 1.29 is 4.79 Å². The molecule has 2 aromatic carbocycles. The van der Waals surface area contributed by atoms with Crippen molar-refractivity contribution in [1.82, 2.24) is 15.0 Å². The van der Waals surface area contributed by atoms with E-state index in [0.717, 1.165) is 58.7 Å². The van der Waals surface area contributed by atoms with Gasteiger partial charge in [0.05, 0.1) is 22.5 Å². The first-order valence-corrected chi connectivity index (χ1v) is 10.5. The number of para-hydroxylation sites is 1. The van der Waals surface area contributed by atoms with Crippen LogP contribution in [0.15, 0.2) is 48.5 Å². The van der Waals surface area contributed by atoms with Gasteiger partial charge in [0.15, 0.2) is 11.6 Å². The molecule has 0 bridgehead atoms. The Kier molecular flexibility index (Phi) is 4.78. The molecule has 0 aliphatic carbocycles. The highest BCUT2D eigenvalue weighted by Gasteiger charge is 2.22. The number of rotatable bonds is 5. The summed E-state index contributed by atoms with van der Waals surface area (Å²) in [5.41, 5.74) is 11.7. The molecule has 5 N–H and O–H groups in total. The zero-order chi connectivity index (χ0) is 21.4. The lowest BCUT2D eigenvalue weighted by atomic mass is 10.1. The minimum atomic E-state index is -0.459. The number of carbonyl (C=O) groups is 1. The quantitative estimate of drug-likeness (QED) is 0.396. The number of primary amides is 1. The highest BCUT2D eigenvalue weighted by Crippen LogP contribution is 2.36. The molecule has 1 aliphatic rings. The first-order valence-electron chi connectivity index (χ1n) is 10.5. The zero-order valence-corrected chi connectivity index (χ0v) is 17.3. The number of anilines is 2. The van der Waals surface area contributed by atoms with Gasteiger partial charge < -0.3 is 21.4 Å². The van der Waals surface area contributed by atoms with Crippen LogP contribution in [0.4, 0.5) is 11.5 Å². The molecule has 1 aliphatic heterocycles. The largest absolute Gasteiger partial charge is 0.381 e. The number of fused-ring (bicyclic) bond motifs is 2. The molecular formula is C24H24N6O. The van der Waals surface area contributed by atoms with E-state index in [-0.39, 0.29) is 0 Å². The minimum absolute atomic E-state index is 0.459. The average Bonchev–Trinajstić information content (AvgIpc) is 3.13. The van der Waals surface area contributed by atoms with E-state index in [1.165, 1.54) is 5.56 Å². The van der Waals surface area contributed by atoms with Crippen molar-refractivity contribution in [3.63, 3.8) is 0 Å². The van der Waals surface area contributed by atoms with Gasteiger partial charge in [-0.25, -0.2) is 9.97 Å². The van der Waals surface area contributed by atoms with Crippen LogP contribution in [0, 0.1) is 6.92 Å². The fourth-order valence-corrected chi connectivity index (χ4v) is 4.21. The molecule has 0 saturated heterocycles. The molecule has 0 atom stereocenters. The second-order valence-corrected chi connectivity index (χ2v) is 7.80. The normalized spacial score (nSPS) is 12.9. The summed E-state index contributed by atoms with van der Waals surface area (Å²) >= 11 is 0. The number of nitrogens with zero attached hydrogens (tertiary/aromatic N) is 2. The minimum Gasteiger partial charge on any atom is -0.381 e. The second-order valence-electron chi connectivity index (χ2n) is 7.80. The van der Waals surface area contributed by atoms with Crippen molar-refractivity contribution in [2.45, 2.75) is 26.3 Å². The molecule has 7 nitrogen and oxygen atoms in total. The summed E-state index contributed by atoms with van der Waals surface area (Å²) in [6.07, 6.45) is 1.92. The highest BCUT2D eigenvalue weighted by atomic mass is 16.1. The molecule has 31 heavy (non-hydrogen) atoms. The van der Waals surface area contributed by atoms with Gasteiger partial charge in [0.25, 0.3) is 5.91 Å². The number of aromatic nitrogens is 3. The summed E-state index contributed by atoms with van der Waals surface area (Å²) in [5, 5.41) is 7.84. The number of nitrogens with one attached hydrogen (secondary N) is 3. The van der Waals surface area contributed by atoms with Crippen LogP contribution >= 0.6 is 0 Å². The SMILES string of the molecule is Cc1[nH]c2c(C(N)=O)cccc2c1-c1nc2c(c(NCc3ccccc3)n1)NCCC2. The summed E-state index contributed by atoms with van der Waals surface area (Å²) in [7, 11) is 0. The summed E-state index contributed by atoms with van der Waals surface area (Å²) in [5.74, 6) is 0.978. The Morgan fingerprint density at radius 3 is 2.77 bits per heavy atom. The molecule has 5 rings (SSSR count). The number of hydrogen-bond donors (Lipinski definition) is 4. The van der Waals surface area contributed by atoms with Gasteiger partial charge in [0.1, 0.15) is 0 Å². The topological polar surface area (TPSA) is 109 Å². The van der Waals surface area contributed by atoms with E-state index in [0.29, 0.717) is 17.9 Å². The Labute approximate surface area is 180 Å². The summed E-state index contributed by atoms with van der Waals surface area (Å²) < 4.78 is 0. The van der Waals surface area contributed by atoms with Crippen molar-refractivity contribution in [2.24, 2.45) is 5.73 Å². The van der Waals surface area contributed by atoms with Crippen molar-refractivity contribution in [1.29, 1.82) is 0 Å². The second kappa shape index (κ2) is 7.75. The lowest BCUT2D eigenvalue weighted by Crippen LogP contribution is -2.17. The zero-order valence-electron chi connectivity index (χ0n) is 17.3. The van der Waals surface area contributed by atoms with Crippen LogP contribution in [0.3, 0.4) is 0 Å². The molecule has 0 radical (unpaired) electrons. The maximum absolute atomic E-state index is 11.9. The van der Waals surface area contributed by atoms with Gasteiger partial charge >= 0.3 is 0 Å². The molecule has 0 saturated carbocycles. The van der Waals surface area contributed by atoms with Gasteiger partial charge in [-0.1, -0.05) is 42.5 Å². The van der Waals surface area contributed by atoms with E-state index in [1.807, 2.05) is 37.3 Å². The van der Waals surface area contributed by atoms with Gasteiger partial charge in [-0.05, 0) is 31.4 Å². The molecule has 0 unspecified atom stereocenters. The Morgan fingerprint density at radius 2 is 1.97 bits per heavy atom. The predicted molar refractivity (Wildman–Crippen MR) is 123 cm³/mol. The lowest BCUT2D eigenvalue weighted by molar-refractivity contribution is 0.100. The van der Waals surface area contributed by atoms with Crippen molar-refractivity contribution in [3.8, 4) is 11.4 Å². The van der Waals surface area contributed by atoms with Crippen LogP contribution in [0.1, 0.15) is 33.7 Å². The number of carbonyl (C=O) groups excluding carboxylic acids is 1. The number of nitrogens with two attached hydrogens (primary N) is 1. The summed E-state index contributed by atoms with van der Waals surface area (Å²) in [6.45, 7) is 3.55. The molecule has 4 aromatic rings. The smallest absolute Gasteiger partial charge is 0.250 e. The number of aromatic amines is 1. The Bertz CT molecular complexity index is 1280. The molecular weight excluding hydrogens is 388 g/mol. The van der Waals surface area contributed by atoms with E-state index in [2.05, 4.69) is 27.8 Å². The van der Waals surface area contributed by atoms with Crippen LogP contribution in [0.5, 0.6) is 0 Å². The molecule has 1 amide bonds. The number of H-pyrrole nitrogens is 1. The Hall–Kier alpha value is -3.87. The Balaban J connectivity index is 1.62. The monoisotopic (exact) mass is 412 g/mol. The summed E-state index contributed by atoms with van der Waals surface area (Å²) in [4.78, 5) is 25.0. The number of amides is 1. The van der Waals surface area contributed by atoms with Crippen LogP contribution in [0.2, 0.25) is 0 Å². The van der Waals surface area contributed by atoms with Gasteiger partial charge in [-0.15, -0.1) is 0 Å². The predicted octanol–water partition coefficient (Wildman–Crippen LogP) is 4.00. The number of aryl methyl sites for hydroxylation is 2. The van der Waals surface area contributed by atoms with Crippen molar-refractivity contribution in [2.75, 3.05) is 17.2 Å². The first-order chi connectivity index (χ1) is 15.1. The molecule has 156 valence electrons. The fourth-order valence-electron chi connectivity index (χ4n) is 4.21. The standard InChI is InChI=1S/C24H24N6O/c1-14-19(16-9-5-10-17(22(25)31)20(16)28-14)23-29-18-11-6-12-26-21(18)24(30-23)27-13-15-7-3-2-4-8-15/h2-5,7-10,26,28H,6,11-13H2,1H3,(H2,25,31)(H,27,29,30). The number of hydrogen-bond acceptors (Lipinski definition) is 5. The van der Waals surface area contributed by atoms with E-state index >= 15 is 0 Å². The van der Waals surface area contributed by atoms with E-state index in [1.54, 1.807) is 6.07 Å².